The van der Waals surface area contributed by atoms with Crippen molar-refractivity contribution in [2.45, 2.75) is 20.8 Å². The highest BCUT2D eigenvalue weighted by Crippen LogP contribution is 2.36. The molecule has 104 valence electrons. The first-order valence-corrected chi connectivity index (χ1v) is 5.67. The van der Waals surface area contributed by atoms with E-state index in [0.717, 1.165) is 0 Å². The predicted molar refractivity (Wildman–Crippen MR) is 68.3 cm³/mol. The molecule has 0 radical (unpaired) electrons. The molecule has 0 saturated heterocycles. The zero-order chi connectivity index (χ0) is 14.7. The second-order valence-electron chi connectivity index (χ2n) is 4.21. The van der Waals surface area contributed by atoms with Gasteiger partial charge in [-0.2, -0.15) is 0 Å². The van der Waals surface area contributed by atoms with Gasteiger partial charge in [0.15, 0.2) is 0 Å². The smallest absolute Gasteiger partial charge is 0.325 e. The molecule has 1 amide bonds. The third-order valence-electron chi connectivity index (χ3n) is 3.09. The van der Waals surface area contributed by atoms with Gasteiger partial charge in [-0.05, 0) is 31.9 Å². The first-order valence-electron chi connectivity index (χ1n) is 5.67. The fraction of sp³-hybridized carbons (Fsp3) is 0.385. The fourth-order valence-electron chi connectivity index (χ4n) is 1.71. The van der Waals surface area contributed by atoms with Gasteiger partial charge in [-0.1, -0.05) is 0 Å². The number of hydrogen-bond donors (Lipinski definition) is 3. The summed E-state index contributed by atoms with van der Waals surface area (Å²) in [5, 5.41) is 22.1. The van der Waals surface area contributed by atoms with E-state index in [4.69, 9.17) is 0 Å². The zero-order valence-electron chi connectivity index (χ0n) is 11.3. The van der Waals surface area contributed by atoms with Gasteiger partial charge < -0.3 is 20.3 Å². The van der Waals surface area contributed by atoms with Crippen LogP contribution in [0.25, 0.3) is 0 Å². The van der Waals surface area contributed by atoms with Crippen LogP contribution in [0.1, 0.15) is 27.0 Å². The number of aromatic hydroxyl groups is 2. The van der Waals surface area contributed by atoms with Gasteiger partial charge in [-0.15, -0.1) is 0 Å². The largest absolute Gasteiger partial charge is 0.507 e. The molecule has 6 heteroatoms. The lowest BCUT2D eigenvalue weighted by atomic mass is 9.96. The summed E-state index contributed by atoms with van der Waals surface area (Å²) in [6.07, 6.45) is 0. The molecular formula is C13H17NO5. The lowest BCUT2D eigenvalue weighted by Crippen LogP contribution is -2.30. The van der Waals surface area contributed by atoms with Crippen molar-refractivity contribution in [3.8, 4) is 11.5 Å². The van der Waals surface area contributed by atoms with Crippen LogP contribution in [0, 0.1) is 20.8 Å². The maximum Gasteiger partial charge on any atom is 0.325 e. The number of phenols is 2. The Balaban J connectivity index is 3.14. The van der Waals surface area contributed by atoms with Crippen molar-refractivity contribution in [2.75, 3.05) is 13.7 Å². The number of ether oxygens (including phenoxy) is 1. The van der Waals surface area contributed by atoms with Gasteiger partial charge >= 0.3 is 5.97 Å². The molecule has 0 bridgehead atoms. The Morgan fingerprint density at radius 1 is 1.05 bits per heavy atom. The summed E-state index contributed by atoms with van der Waals surface area (Å²) < 4.78 is 4.41. The lowest BCUT2D eigenvalue weighted by Gasteiger charge is -2.15. The Kier molecular flexibility index (Phi) is 4.37. The van der Waals surface area contributed by atoms with Crippen LogP contribution in [0.5, 0.6) is 11.5 Å². The van der Waals surface area contributed by atoms with Crippen molar-refractivity contribution in [1.82, 2.24) is 5.32 Å². The second-order valence-corrected chi connectivity index (χ2v) is 4.21. The molecule has 0 aliphatic rings. The molecule has 1 rings (SSSR count). The Labute approximate surface area is 111 Å². The number of carbonyl (C=O) groups is 2. The molecule has 0 heterocycles. The van der Waals surface area contributed by atoms with Crippen LogP contribution in [-0.4, -0.2) is 35.7 Å². The van der Waals surface area contributed by atoms with Crippen LogP contribution >= 0.6 is 0 Å². The summed E-state index contributed by atoms with van der Waals surface area (Å²) in [6, 6.07) is 0. The van der Waals surface area contributed by atoms with Gasteiger partial charge in [0.1, 0.15) is 18.0 Å². The molecule has 0 aliphatic carbocycles. The number of rotatable bonds is 3. The molecule has 0 aliphatic heterocycles. The van der Waals surface area contributed by atoms with Crippen molar-refractivity contribution in [3.05, 3.63) is 22.3 Å². The number of hydrogen-bond acceptors (Lipinski definition) is 5. The minimum atomic E-state index is -0.591. The highest BCUT2D eigenvalue weighted by atomic mass is 16.5. The lowest BCUT2D eigenvalue weighted by molar-refractivity contribution is -0.139. The average molecular weight is 267 g/mol. The van der Waals surface area contributed by atoms with Crippen molar-refractivity contribution < 1.29 is 24.5 Å². The summed E-state index contributed by atoms with van der Waals surface area (Å²) in [7, 11) is 1.21. The molecular weight excluding hydrogens is 250 g/mol. The normalized spacial score (nSPS) is 10.1. The molecule has 1 aromatic rings. The quantitative estimate of drug-likeness (QED) is 0.708. The number of amides is 1. The summed E-state index contributed by atoms with van der Waals surface area (Å²) >= 11 is 0. The Hall–Kier alpha value is -2.24. The van der Waals surface area contributed by atoms with Crippen molar-refractivity contribution in [2.24, 2.45) is 0 Å². The molecule has 0 aromatic heterocycles. The number of nitrogens with one attached hydrogen (secondary N) is 1. The highest BCUT2D eigenvalue weighted by molar-refractivity contribution is 6.00. The maximum atomic E-state index is 12.0. The van der Waals surface area contributed by atoms with Crippen LogP contribution in [0.2, 0.25) is 0 Å². The van der Waals surface area contributed by atoms with E-state index < -0.39 is 11.9 Å². The topological polar surface area (TPSA) is 95.9 Å². The van der Waals surface area contributed by atoms with Gasteiger partial charge in [-0.25, -0.2) is 0 Å². The van der Waals surface area contributed by atoms with Crippen LogP contribution in [0.3, 0.4) is 0 Å². The van der Waals surface area contributed by atoms with E-state index in [2.05, 4.69) is 10.1 Å². The SMILES string of the molecule is COC(=O)CNC(=O)c1c(C)c(C)c(O)c(C)c1O. The standard InChI is InChI=1S/C13H17NO5/c1-6-7(2)11(16)8(3)12(17)10(6)13(18)14-5-9(15)19-4/h16-17H,5H2,1-4H3,(H,14,18). The minimum Gasteiger partial charge on any atom is -0.507 e. The van der Waals surface area contributed by atoms with E-state index in [0.29, 0.717) is 11.1 Å². The predicted octanol–water partition coefficient (Wildman–Crippen LogP) is 0.926. The van der Waals surface area contributed by atoms with Crippen molar-refractivity contribution in [3.63, 3.8) is 0 Å². The number of carbonyl (C=O) groups excluding carboxylic acids is 2. The molecule has 0 fully saturated rings. The monoisotopic (exact) mass is 267 g/mol. The molecule has 0 atom stereocenters. The van der Waals surface area contributed by atoms with Crippen molar-refractivity contribution >= 4 is 11.9 Å². The molecule has 3 N–H and O–H groups in total. The first-order chi connectivity index (χ1) is 8.81. The summed E-state index contributed by atoms with van der Waals surface area (Å²) in [5.74, 6) is -1.51. The van der Waals surface area contributed by atoms with E-state index in [1.165, 1.54) is 14.0 Å². The molecule has 6 nitrogen and oxygen atoms in total. The molecule has 0 saturated carbocycles. The van der Waals surface area contributed by atoms with Gasteiger partial charge in [0.2, 0.25) is 0 Å². The van der Waals surface area contributed by atoms with Gasteiger partial charge in [-0.3, -0.25) is 9.59 Å². The van der Waals surface area contributed by atoms with Crippen LogP contribution < -0.4 is 5.32 Å². The molecule has 1 aromatic carbocycles. The average Bonchev–Trinajstić information content (AvgIpc) is 2.40. The van der Waals surface area contributed by atoms with Crippen LogP contribution in [0.4, 0.5) is 0 Å². The van der Waals surface area contributed by atoms with E-state index in [1.54, 1.807) is 13.8 Å². The number of benzene rings is 1. The van der Waals surface area contributed by atoms with Gasteiger partial charge in [0.25, 0.3) is 5.91 Å². The third kappa shape index (κ3) is 2.78. The third-order valence-corrected chi connectivity index (χ3v) is 3.09. The zero-order valence-corrected chi connectivity index (χ0v) is 11.3. The Morgan fingerprint density at radius 3 is 2.16 bits per heavy atom. The Bertz CT molecular complexity index is 507. The summed E-state index contributed by atoms with van der Waals surface area (Å²) in [5.41, 5.74) is 1.25. The second kappa shape index (κ2) is 5.60. The van der Waals surface area contributed by atoms with E-state index in [9.17, 15) is 19.8 Å². The summed E-state index contributed by atoms with van der Waals surface area (Å²) in [4.78, 5) is 22.9. The van der Waals surface area contributed by atoms with Crippen LogP contribution in [-0.2, 0) is 9.53 Å². The fourth-order valence-corrected chi connectivity index (χ4v) is 1.71. The molecule has 0 spiro atoms. The number of esters is 1. The van der Waals surface area contributed by atoms with E-state index in [1.807, 2.05) is 0 Å². The first kappa shape index (κ1) is 14.8. The highest BCUT2D eigenvalue weighted by Gasteiger charge is 2.21. The molecule has 19 heavy (non-hydrogen) atoms. The summed E-state index contributed by atoms with van der Waals surface area (Å²) in [6.45, 7) is 4.48. The van der Waals surface area contributed by atoms with E-state index in [-0.39, 0.29) is 29.2 Å². The van der Waals surface area contributed by atoms with Gasteiger partial charge in [0, 0.05) is 5.56 Å². The minimum absolute atomic E-state index is 0.0421. The number of phenolic OH excluding ortho intramolecular Hbond substituents is 2. The van der Waals surface area contributed by atoms with Gasteiger partial charge in [0.05, 0.1) is 12.7 Å². The number of methoxy groups -OCH3 is 1. The van der Waals surface area contributed by atoms with Crippen molar-refractivity contribution in [1.29, 1.82) is 0 Å². The Morgan fingerprint density at radius 2 is 1.63 bits per heavy atom. The van der Waals surface area contributed by atoms with Crippen LogP contribution in [0.15, 0.2) is 0 Å². The molecule has 0 unspecified atom stereocenters. The van der Waals surface area contributed by atoms with E-state index >= 15 is 0 Å². The maximum absolute atomic E-state index is 12.0.